The molecule has 2 fully saturated rings. The number of aliphatic hydroxyl groups excluding tert-OH is 3. The number of hydrogen-bond acceptors (Lipinski definition) is 14. The molecule has 0 spiro atoms. The van der Waals surface area contributed by atoms with Gasteiger partial charge >= 0.3 is 0 Å². The summed E-state index contributed by atoms with van der Waals surface area (Å²) in [5, 5.41) is 52.4. The Morgan fingerprint density at radius 1 is 1.23 bits per heavy atom. The minimum absolute atomic E-state index is 0.137. The topological polar surface area (TPSA) is 266 Å². The van der Waals surface area contributed by atoms with Gasteiger partial charge in [-0.05, 0) is 45.7 Å². The SMILES string of the molecule is CCC(N)(CC)CNCC1=CC[C@@H](N)[C@@H](C2[C@@H](N)C[C@@H](NC(=O)[C@@H](O)CN)[C@H](O[C@H]3OC[C@](C)(O)[C@H](NC)[C@H]3O)[C@H]2O)O1. The largest absolute Gasteiger partial charge is 0.492 e. The molecule has 0 aromatic heterocycles. The van der Waals surface area contributed by atoms with Crippen LogP contribution < -0.4 is 38.9 Å². The zero-order valence-electron chi connectivity index (χ0n) is 25.8. The van der Waals surface area contributed by atoms with E-state index in [0.717, 1.165) is 12.8 Å². The van der Waals surface area contributed by atoms with Gasteiger partial charge in [0.1, 0.15) is 35.8 Å². The van der Waals surface area contributed by atoms with Gasteiger partial charge in [0.05, 0.1) is 31.3 Å². The molecule has 1 unspecified atom stereocenters. The fourth-order valence-corrected chi connectivity index (χ4v) is 6.28. The number of carbonyl (C=O) groups excluding carboxylic acids is 1. The molecular weight excluding hydrogens is 562 g/mol. The minimum Gasteiger partial charge on any atom is -0.492 e. The lowest BCUT2D eigenvalue weighted by molar-refractivity contribution is -0.297. The normalized spacial score (nSPS) is 39.5. The summed E-state index contributed by atoms with van der Waals surface area (Å²) in [6, 6.07) is -2.85. The lowest BCUT2D eigenvalue weighted by Crippen LogP contribution is -2.69. The molecule has 250 valence electrons. The molecular formula is C28H55N7O8. The van der Waals surface area contributed by atoms with Gasteiger partial charge in [-0.3, -0.25) is 4.79 Å². The summed E-state index contributed by atoms with van der Waals surface area (Å²) in [5.74, 6) is -0.818. The predicted molar refractivity (Wildman–Crippen MR) is 159 cm³/mol. The Morgan fingerprint density at radius 2 is 1.91 bits per heavy atom. The average molecular weight is 618 g/mol. The van der Waals surface area contributed by atoms with E-state index >= 15 is 0 Å². The lowest BCUT2D eigenvalue weighted by atomic mass is 9.72. The number of amides is 1. The van der Waals surface area contributed by atoms with Crippen LogP contribution >= 0.6 is 0 Å². The minimum atomic E-state index is -1.48. The van der Waals surface area contributed by atoms with Crippen LogP contribution in [0.25, 0.3) is 0 Å². The Bertz CT molecular complexity index is 939. The summed E-state index contributed by atoms with van der Waals surface area (Å²) < 4.78 is 18.2. The first-order chi connectivity index (χ1) is 20.2. The number of hydrogen-bond donors (Lipinski definition) is 11. The van der Waals surface area contributed by atoms with Crippen molar-refractivity contribution in [1.29, 1.82) is 0 Å². The van der Waals surface area contributed by atoms with Gasteiger partial charge in [-0.2, -0.15) is 0 Å². The molecule has 0 bridgehead atoms. The van der Waals surface area contributed by atoms with E-state index in [1.165, 1.54) is 6.92 Å². The first kappa shape index (κ1) is 36.0. The third kappa shape index (κ3) is 8.42. The fraction of sp³-hybridized carbons (Fsp3) is 0.893. The van der Waals surface area contributed by atoms with Crippen molar-refractivity contribution in [3.63, 3.8) is 0 Å². The molecule has 15 nitrogen and oxygen atoms in total. The first-order valence-electron chi connectivity index (χ1n) is 15.3. The van der Waals surface area contributed by atoms with Gasteiger partial charge in [0.15, 0.2) is 6.29 Å². The molecule has 0 aromatic carbocycles. The number of aliphatic hydroxyl groups is 4. The zero-order valence-corrected chi connectivity index (χ0v) is 25.8. The maximum absolute atomic E-state index is 12.6. The van der Waals surface area contributed by atoms with Crippen LogP contribution in [0.4, 0.5) is 0 Å². The number of nitrogens with one attached hydrogen (secondary N) is 3. The van der Waals surface area contributed by atoms with Gasteiger partial charge in [0.25, 0.3) is 0 Å². The monoisotopic (exact) mass is 617 g/mol. The van der Waals surface area contributed by atoms with Crippen LogP contribution in [0.1, 0.15) is 46.5 Å². The van der Waals surface area contributed by atoms with Crippen molar-refractivity contribution in [2.75, 3.05) is 33.3 Å². The molecule has 15 N–H and O–H groups in total. The Morgan fingerprint density at radius 3 is 2.51 bits per heavy atom. The second-order valence-corrected chi connectivity index (χ2v) is 12.6. The molecule has 1 saturated carbocycles. The highest BCUT2D eigenvalue weighted by atomic mass is 16.7. The Kier molecular flexibility index (Phi) is 12.7. The summed E-state index contributed by atoms with van der Waals surface area (Å²) in [5.41, 5.74) is 23.3. The molecule has 2 heterocycles. The van der Waals surface area contributed by atoms with Crippen molar-refractivity contribution in [3.05, 3.63) is 11.8 Å². The van der Waals surface area contributed by atoms with Gasteiger partial charge in [0, 0.05) is 36.6 Å². The number of rotatable bonds is 13. The summed E-state index contributed by atoms with van der Waals surface area (Å²) in [6.07, 6.45) is -3.04. The van der Waals surface area contributed by atoms with Gasteiger partial charge in [0.2, 0.25) is 5.91 Å². The van der Waals surface area contributed by atoms with E-state index in [-0.39, 0.29) is 25.1 Å². The van der Waals surface area contributed by atoms with Crippen molar-refractivity contribution in [2.24, 2.45) is 28.9 Å². The summed E-state index contributed by atoms with van der Waals surface area (Å²) >= 11 is 0. The van der Waals surface area contributed by atoms with E-state index in [4.69, 9.17) is 37.1 Å². The number of ether oxygens (including phenoxy) is 3. The first-order valence-corrected chi connectivity index (χ1v) is 15.3. The van der Waals surface area contributed by atoms with Crippen LogP contribution in [0.15, 0.2) is 11.8 Å². The molecule has 2 aliphatic heterocycles. The summed E-state index contributed by atoms with van der Waals surface area (Å²) in [6.45, 7) is 6.17. The van der Waals surface area contributed by atoms with Crippen LogP contribution in [0.2, 0.25) is 0 Å². The van der Waals surface area contributed by atoms with Crippen LogP contribution in [0.5, 0.6) is 0 Å². The smallest absolute Gasteiger partial charge is 0.250 e. The van der Waals surface area contributed by atoms with Gasteiger partial charge in [-0.1, -0.05) is 13.8 Å². The molecule has 12 atom stereocenters. The third-order valence-electron chi connectivity index (χ3n) is 9.33. The average Bonchev–Trinajstić information content (AvgIpc) is 2.96. The number of nitrogens with two attached hydrogens (primary N) is 4. The Labute approximate surface area is 254 Å². The summed E-state index contributed by atoms with van der Waals surface area (Å²) in [7, 11) is 1.59. The van der Waals surface area contributed by atoms with Crippen LogP contribution in [-0.4, -0.2) is 132 Å². The molecule has 15 heteroatoms. The quantitative estimate of drug-likeness (QED) is 0.0942. The molecule has 1 aliphatic carbocycles. The van der Waals surface area contributed by atoms with Crippen molar-refractivity contribution >= 4 is 5.91 Å². The maximum atomic E-state index is 12.6. The molecule has 0 aromatic rings. The number of likely N-dealkylation sites (N-methyl/N-ethyl adjacent to an activating group) is 1. The number of carbonyl (C=O) groups is 1. The fourth-order valence-electron chi connectivity index (χ4n) is 6.28. The van der Waals surface area contributed by atoms with E-state index < -0.39 is 78.4 Å². The van der Waals surface area contributed by atoms with E-state index in [9.17, 15) is 25.2 Å². The zero-order chi connectivity index (χ0) is 32.1. The van der Waals surface area contributed by atoms with E-state index in [2.05, 4.69) is 16.0 Å². The van der Waals surface area contributed by atoms with Gasteiger partial charge < -0.3 is 73.5 Å². The van der Waals surface area contributed by atoms with Crippen LogP contribution in [0.3, 0.4) is 0 Å². The second kappa shape index (κ2) is 15.2. The second-order valence-electron chi connectivity index (χ2n) is 12.6. The van der Waals surface area contributed by atoms with Crippen molar-refractivity contribution in [2.45, 2.75) is 119 Å². The van der Waals surface area contributed by atoms with E-state index in [1.54, 1.807) is 7.05 Å². The Balaban J connectivity index is 1.81. The molecule has 43 heavy (non-hydrogen) atoms. The van der Waals surface area contributed by atoms with Crippen molar-refractivity contribution in [3.8, 4) is 0 Å². The van der Waals surface area contributed by atoms with Crippen LogP contribution in [0, 0.1) is 5.92 Å². The molecule has 0 radical (unpaired) electrons. The van der Waals surface area contributed by atoms with E-state index in [1.807, 2.05) is 19.9 Å². The molecule has 1 saturated heterocycles. The van der Waals surface area contributed by atoms with Crippen LogP contribution in [-0.2, 0) is 19.0 Å². The van der Waals surface area contributed by atoms with Gasteiger partial charge in [-0.25, -0.2) is 0 Å². The highest BCUT2D eigenvalue weighted by Crippen LogP contribution is 2.36. The Hall–Kier alpha value is -1.47. The van der Waals surface area contributed by atoms with E-state index in [0.29, 0.717) is 25.3 Å². The third-order valence-corrected chi connectivity index (χ3v) is 9.33. The highest BCUT2D eigenvalue weighted by Gasteiger charge is 2.53. The molecule has 1 amide bonds. The standard InChI is InChI=1S/C28H55N7O8/c1-5-28(32,6-2)12-34-11-14-7-8-15(30)22(42-14)19-16(31)9-17(35-25(39)18(36)10-29)23(20(19)37)43-26-21(38)24(33-4)27(3,40)13-41-26/h7,15-24,26,33-34,36-38,40H,5-6,8-13,29-32H2,1-4H3,(H,35,39)/t15-,16+,17-,18+,19?,20+,21-,22+,23+,24-,26-,27+/m1/s1. The van der Waals surface area contributed by atoms with Crippen molar-refractivity contribution < 1.29 is 39.4 Å². The molecule has 3 rings (SSSR count). The molecule has 3 aliphatic rings. The lowest BCUT2D eigenvalue weighted by Gasteiger charge is -2.50. The maximum Gasteiger partial charge on any atom is 0.250 e. The van der Waals surface area contributed by atoms with Crippen molar-refractivity contribution in [1.82, 2.24) is 16.0 Å². The highest BCUT2D eigenvalue weighted by molar-refractivity contribution is 5.81. The predicted octanol–water partition coefficient (Wildman–Crippen LogP) is -3.95. The summed E-state index contributed by atoms with van der Waals surface area (Å²) in [4.78, 5) is 12.6. The van der Waals surface area contributed by atoms with Gasteiger partial charge in [-0.15, -0.1) is 0 Å².